The van der Waals surface area contributed by atoms with Gasteiger partial charge in [0, 0.05) is 17.4 Å². The maximum absolute atomic E-state index is 12.3. The highest BCUT2D eigenvalue weighted by atomic mass is 32.1. The van der Waals surface area contributed by atoms with E-state index in [1.165, 1.54) is 11.3 Å². The van der Waals surface area contributed by atoms with Gasteiger partial charge >= 0.3 is 0 Å². The summed E-state index contributed by atoms with van der Waals surface area (Å²) >= 11 is 1.54. The van der Waals surface area contributed by atoms with Crippen LogP contribution in [0.4, 0.5) is 11.5 Å². The third-order valence-electron chi connectivity index (χ3n) is 4.24. The number of hydrogen-bond acceptors (Lipinski definition) is 6. The van der Waals surface area contributed by atoms with Crippen LogP contribution in [0.25, 0.3) is 10.6 Å². The molecule has 29 heavy (non-hydrogen) atoms. The highest BCUT2D eigenvalue weighted by molar-refractivity contribution is 7.14. The lowest BCUT2D eigenvalue weighted by atomic mass is 10.2. The van der Waals surface area contributed by atoms with Gasteiger partial charge in [0.2, 0.25) is 0 Å². The van der Waals surface area contributed by atoms with Gasteiger partial charge in [-0.2, -0.15) is 0 Å². The molecule has 0 radical (unpaired) electrons. The monoisotopic (exact) mass is 401 g/mol. The Morgan fingerprint density at radius 3 is 2.48 bits per heavy atom. The third-order valence-corrected chi connectivity index (χ3v) is 5.22. The summed E-state index contributed by atoms with van der Waals surface area (Å²) in [6.45, 7) is 2.53. The first-order chi connectivity index (χ1) is 14.2. The normalized spacial score (nSPS) is 10.5. The van der Waals surface area contributed by atoms with E-state index in [0.717, 1.165) is 26.8 Å². The molecule has 1 amide bonds. The van der Waals surface area contributed by atoms with E-state index in [1.54, 1.807) is 18.3 Å². The lowest BCUT2D eigenvalue weighted by Crippen LogP contribution is -2.12. The number of nitrogens with zero attached hydrogens (tertiary/aromatic N) is 3. The van der Waals surface area contributed by atoms with Gasteiger partial charge in [-0.1, -0.05) is 59.4 Å². The van der Waals surface area contributed by atoms with Gasteiger partial charge in [0.05, 0.1) is 12.1 Å². The van der Waals surface area contributed by atoms with Gasteiger partial charge in [-0.05, 0) is 31.2 Å². The quantitative estimate of drug-likeness (QED) is 0.486. The largest absolute Gasteiger partial charge is 0.363 e. The van der Waals surface area contributed by atoms with Crippen LogP contribution in [0.3, 0.4) is 0 Å². The molecule has 0 aliphatic heterocycles. The molecule has 4 rings (SSSR count). The second-order valence-electron chi connectivity index (χ2n) is 6.47. The van der Waals surface area contributed by atoms with E-state index in [0.29, 0.717) is 17.9 Å². The minimum absolute atomic E-state index is 0.190. The molecule has 2 heterocycles. The van der Waals surface area contributed by atoms with E-state index < -0.39 is 0 Å². The number of nitrogens with one attached hydrogen (secondary N) is 2. The van der Waals surface area contributed by atoms with Crippen molar-refractivity contribution in [2.24, 2.45) is 0 Å². The van der Waals surface area contributed by atoms with Crippen molar-refractivity contribution < 1.29 is 4.79 Å². The summed E-state index contributed by atoms with van der Waals surface area (Å²) in [5.41, 5.74) is 3.46. The van der Waals surface area contributed by atoms with Crippen LogP contribution in [0.15, 0.2) is 72.9 Å². The second-order valence-corrected chi connectivity index (χ2v) is 7.53. The summed E-state index contributed by atoms with van der Waals surface area (Å²) in [7, 11) is 0. The van der Waals surface area contributed by atoms with Gasteiger partial charge in [-0.25, -0.2) is 4.98 Å². The summed E-state index contributed by atoms with van der Waals surface area (Å²) in [5, 5.41) is 16.3. The van der Waals surface area contributed by atoms with Crippen molar-refractivity contribution in [3.8, 4) is 10.6 Å². The first-order valence-electron chi connectivity index (χ1n) is 9.13. The maximum Gasteiger partial charge on any atom is 0.257 e. The van der Waals surface area contributed by atoms with Crippen molar-refractivity contribution >= 4 is 28.7 Å². The average molecular weight is 401 g/mol. The lowest BCUT2D eigenvalue weighted by molar-refractivity contribution is 0.102. The Labute approximate surface area is 172 Å². The van der Waals surface area contributed by atoms with Crippen LogP contribution >= 0.6 is 11.3 Å². The van der Waals surface area contributed by atoms with Gasteiger partial charge in [0.15, 0.2) is 0 Å². The highest BCUT2D eigenvalue weighted by Gasteiger charge is 2.09. The van der Waals surface area contributed by atoms with Crippen molar-refractivity contribution in [3.63, 3.8) is 0 Å². The molecule has 2 aromatic carbocycles. The molecule has 6 nitrogen and oxygen atoms in total. The Kier molecular flexibility index (Phi) is 5.58. The Hall–Kier alpha value is -3.58. The third kappa shape index (κ3) is 4.83. The summed E-state index contributed by atoms with van der Waals surface area (Å²) < 4.78 is 0. The lowest BCUT2D eigenvalue weighted by Gasteiger charge is -2.07. The van der Waals surface area contributed by atoms with Crippen LogP contribution in [0.5, 0.6) is 0 Å². The van der Waals surface area contributed by atoms with E-state index in [-0.39, 0.29) is 5.91 Å². The van der Waals surface area contributed by atoms with E-state index >= 15 is 0 Å². The van der Waals surface area contributed by atoms with Crippen LogP contribution in [0.2, 0.25) is 0 Å². The Bertz CT molecular complexity index is 1090. The van der Waals surface area contributed by atoms with Gasteiger partial charge in [-0.3, -0.25) is 4.79 Å². The molecule has 7 heteroatoms. The number of aryl methyl sites for hydroxylation is 1. The van der Waals surface area contributed by atoms with Crippen molar-refractivity contribution in [1.29, 1.82) is 0 Å². The fourth-order valence-electron chi connectivity index (χ4n) is 2.66. The number of benzene rings is 2. The topological polar surface area (TPSA) is 79.8 Å². The molecule has 144 valence electrons. The number of hydrogen-bond donors (Lipinski definition) is 2. The molecule has 0 unspecified atom stereocenters. The standard InChI is InChI=1S/C22H19N5OS/c1-15-7-10-18(11-8-15)25-21(28)17-9-12-19(23-13-17)24-14-20-26-27-22(29-20)16-5-3-2-4-6-16/h2-13H,14H2,1H3,(H,23,24)(H,25,28). The fraction of sp³-hybridized carbons (Fsp3) is 0.0909. The Morgan fingerprint density at radius 2 is 1.76 bits per heavy atom. The number of aromatic nitrogens is 3. The number of amides is 1. The first kappa shape index (κ1) is 18.8. The first-order valence-corrected chi connectivity index (χ1v) is 9.95. The van der Waals surface area contributed by atoms with Crippen LogP contribution in [-0.2, 0) is 6.54 Å². The van der Waals surface area contributed by atoms with Gasteiger partial charge in [0.25, 0.3) is 5.91 Å². The molecule has 0 saturated heterocycles. The van der Waals surface area contributed by atoms with Gasteiger partial charge in [0.1, 0.15) is 15.8 Å². The SMILES string of the molecule is Cc1ccc(NC(=O)c2ccc(NCc3nnc(-c4ccccc4)s3)nc2)cc1. The number of pyridine rings is 1. The van der Waals surface area contributed by atoms with Crippen LogP contribution in [-0.4, -0.2) is 21.1 Å². The maximum atomic E-state index is 12.3. The summed E-state index contributed by atoms with van der Waals surface area (Å²) in [5.74, 6) is 0.484. The molecular weight excluding hydrogens is 382 g/mol. The highest BCUT2D eigenvalue weighted by Crippen LogP contribution is 2.23. The summed E-state index contributed by atoms with van der Waals surface area (Å²) in [6.07, 6.45) is 1.56. The van der Waals surface area contributed by atoms with Crippen molar-refractivity contribution in [1.82, 2.24) is 15.2 Å². The van der Waals surface area contributed by atoms with Crippen LogP contribution in [0.1, 0.15) is 20.9 Å². The predicted molar refractivity (Wildman–Crippen MR) is 116 cm³/mol. The number of carbonyl (C=O) groups excluding carboxylic acids is 1. The summed E-state index contributed by atoms with van der Waals surface area (Å²) in [4.78, 5) is 16.7. The zero-order valence-corrected chi connectivity index (χ0v) is 16.6. The van der Waals surface area contributed by atoms with E-state index in [1.807, 2.05) is 61.5 Å². The zero-order chi connectivity index (χ0) is 20.1. The predicted octanol–water partition coefficient (Wildman–Crippen LogP) is 4.77. The van der Waals surface area contributed by atoms with Crippen molar-refractivity contribution in [2.75, 3.05) is 10.6 Å². The number of rotatable bonds is 6. The van der Waals surface area contributed by atoms with Gasteiger partial charge < -0.3 is 10.6 Å². The van der Waals surface area contributed by atoms with Crippen molar-refractivity contribution in [2.45, 2.75) is 13.5 Å². The molecule has 0 aliphatic carbocycles. The molecule has 4 aromatic rings. The number of carbonyl (C=O) groups is 1. The molecule has 0 spiro atoms. The molecule has 0 atom stereocenters. The molecule has 0 fully saturated rings. The molecular formula is C22H19N5OS. The average Bonchev–Trinajstić information content (AvgIpc) is 3.24. The molecule has 0 saturated carbocycles. The Morgan fingerprint density at radius 1 is 0.966 bits per heavy atom. The molecule has 0 aliphatic rings. The number of anilines is 2. The zero-order valence-electron chi connectivity index (χ0n) is 15.8. The smallest absolute Gasteiger partial charge is 0.257 e. The van der Waals surface area contributed by atoms with E-state index in [2.05, 4.69) is 25.8 Å². The molecule has 2 aromatic heterocycles. The Balaban J connectivity index is 1.34. The van der Waals surface area contributed by atoms with Crippen LogP contribution in [0, 0.1) is 6.92 Å². The van der Waals surface area contributed by atoms with E-state index in [4.69, 9.17) is 0 Å². The molecule has 2 N–H and O–H groups in total. The minimum Gasteiger partial charge on any atom is -0.363 e. The second kappa shape index (κ2) is 8.62. The van der Waals surface area contributed by atoms with Crippen LogP contribution < -0.4 is 10.6 Å². The van der Waals surface area contributed by atoms with Crippen molar-refractivity contribution in [3.05, 3.63) is 89.1 Å². The fourth-order valence-corrected chi connectivity index (χ4v) is 3.45. The minimum atomic E-state index is -0.190. The summed E-state index contributed by atoms with van der Waals surface area (Å²) in [6, 6.07) is 21.2. The van der Waals surface area contributed by atoms with Gasteiger partial charge in [-0.15, -0.1) is 10.2 Å². The van der Waals surface area contributed by atoms with E-state index in [9.17, 15) is 4.79 Å². The molecule has 0 bridgehead atoms.